The van der Waals surface area contributed by atoms with Crippen LogP contribution in [-0.4, -0.2) is 53.9 Å². The summed E-state index contributed by atoms with van der Waals surface area (Å²) in [5.41, 5.74) is 0.265. The van der Waals surface area contributed by atoms with E-state index in [0.717, 1.165) is 0 Å². The lowest BCUT2D eigenvalue weighted by molar-refractivity contribution is -0.385. The molecule has 0 bridgehead atoms. The summed E-state index contributed by atoms with van der Waals surface area (Å²) in [6.07, 6.45) is -0.860. The second-order valence-electron chi connectivity index (χ2n) is 4.19. The van der Waals surface area contributed by atoms with E-state index in [1.54, 1.807) is 18.0 Å². The largest absolute Gasteiger partial charge is 0.490 e. The third-order valence-corrected chi connectivity index (χ3v) is 2.75. The lowest BCUT2D eigenvalue weighted by atomic mass is 10.1. The second-order valence-corrected chi connectivity index (χ2v) is 4.19. The van der Waals surface area contributed by atoms with Crippen LogP contribution >= 0.6 is 0 Å². The summed E-state index contributed by atoms with van der Waals surface area (Å²) in [4.78, 5) is 12.1. The van der Waals surface area contributed by atoms with Crippen molar-refractivity contribution in [2.75, 3.05) is 33.9 Å². The van der Waals surface area contributed by atoms with Gasteiger partial charge in [-0.05, 0) is 18.7 Å². The SMILES string of the molecule is COc1ccc(C(O)CN(C)CCO)cc1[N+](=O)[O-]. The highest BCUT2D eigenvalue weighted by molar-refractivity contribution is 5.49. The number of nitro groups is 1. The van der Waals surface area contributed by atoms with Gasteiger partial charge in [0.05, 0.1) is 24.7 Å². The number of benzene rings is 1. The zero-order valence-electron chi connectivity index (χ0n) is 10.9. The van der Waals surface area contributed by atoms with Gasteiger partial charge >= 0.3 is 5.69 Å². The minimum Gasteiger partial charge on any atom is -0.490 e. The first kappa shape index (κ1) is 15.4. The Bertz CT molecular complexity index is 438. The van der Waals surface area contributed by atoms with Gasteiger partial charge < -0.3 is 19.8 Å². The fourth-order valence-electron chi connectivity index (χ4n) is 1.72. The van der Waals surface area contributed by atoms with Crippen LogP contribution in [0.1, 0.15) is 11.7 Å². The minimum absolute atomic E-state index is 0.00796. The van der Waals surface area contributed by atoms with Crippen molar-refractivity contribution in [2.24, 2.45) is 0 Å². The average Bonchev–Trinajstić information content (AvgIpc) is 2.37. The highest BCUT2D eigenvalue weighted by Gasteiger charge is 2.19. The van der Waals surface area contributed by atoms with Gasteiger partial charge in [-0.2, -0.15) is 0 Å². The van der Waals surface area contributed by atoms with Crippen LogP contribution in [0, 0.1) is 10.1 Å². The van der Waals surface area contributed by atoms with E-state index in [2.05, 4.69) is 0 Å². The molecule has 19 heavy (non-hydrogen) atoms. The Morgan fingerprint density at radius 1 is 1.53 bits per heavy atom. The summed E-state index contributed by atoms with van der Waals surface area (Å²) in [5.74, 6) is 0.157. The summed E-state index contributed by atoms with van der Waals surface area (Å²) in [5, 5.41) is 29.7. The van der Waals surface area contributed by atoms with Crippen LogP contribution in [-0.2, 0) is 0 Å². The molecular formula is C12H18N2O5. The normalized spacial score (nSPS) is 12.5. The van der Waals surface area contributed by atoms with Gasteiger partial charge in [0.25, 0.3) is 0 Å². The lowest BCUT2D eigenvalue weighted by Crippen LogP contribution is -2.27. The number of methoxy groups -OCH3 is 1. The topological polar surface area (TPSA) is 96.1 Å². The Morgan fingerprint density at radius 2 is 2.21 bits per heavy atom. The van der Waals surface area contributed by atoms with E-state index >= 15 is 0 Å². The molecule has 0 spiro atoms. The van der Waals surface area contributed by atoms with E-state index in [1.165, 1.54) is 19.2 Å². The molecule has 2 N–H and O–H groups in total. The van der Waals surface area contributed by atoms with Gasteiger partial charge in [-0.15, -0.1) is 0 Å². The molecule has 0 saturated carbocycles. The Kier molecular flexibility index (Phi) is 5.68. The minimum atomic E-state index is -0.860. The zero-order chi connectivity index (χ0) is 14.4. The van der Waals surface area contributed by atoms with Crippen molar-refractivity contribution in [2.45, 2.75) is 6.10 Å². The van der Waals surface area contributed by atoms with Gasteiger partial charge in [-0.25, -0.2) is 0 Å². The first-order valence-electron chi connectivity index (χ1n) is 5.79. The number of nitrogens with zero attached hydrogens (tertiary/aromatic N) is 2. The van der Waals surface area contributed by atoms with Crippen molar-refractivity contribution in [3.63, 3.8) is 0 Å². The number of aliphatic hydroxyl groups is 2. The molecule has 0 radical (unpaired) electrons. The number of nitro benzene ring substituents is 1. The molecule has 0 saturated heterocycles. The summed E-state index contributed by atoms with van der Waals surface area (Å²) in [6.45, 7) is 0.700. The monoisotopic (exact) mass is 270 g/mol. The van der Waals surface area contributed by atoms with E-state index in [-0.39, 0.29) is 24.6 Å². The van der Waals surface area contributed by atoms with Gasteiger partial charge in [0.1, 0.15) is 0 Å². The maximum Gasteiger partial charge on any atom is 0.311 e. The number of hydrogen-bond acceptors (Lipinski definition) is 6. The second kappa shape index (κ2) is 7.03. The zero-order valence-corrected chi connectivity index (χ0v) is 10.9. The van der Waals surface area contributed by atoms with Crippen molar-refractivity contribution in [3.8, 4) is 5.75 Å². The molecule has 1 aromatic carbocycles. The Balaban J connectivity index is 2.89. The number of ether oxygens (including phenoxy) is 1. The first-order chi connectivity index (χ1) is 8.99. The van der Waals surface area contributed by atoms with Crippen LogP contribution in [0.25, 0.3) is 0 Å². The molecule has 7 nitrogen and oxygen atoms in total. The standard InChI is InChI=1S/C12H18N2O5/c1-13(5-6-15)8-11(16)9-3-4-12(19-2)10(7-9)14(17)18/h3-4,7,11,15-16H,5-6,8H2,1-2H3. The maximum absolute atomic E-state index is 10.9. The molecule has 0 fully saturated rings. The summed E-state index contributed by atoms with van der Waals surface area (Å²) in [6, 6.07) is 4.35. The molecule has 0 heterocycles. The molecule has 0 aliphatic rings. The van der Waals surface area contributed by atoms with Crippen LogP contribution in [0.2, 0.25) is 0 Å². The molecule has 0 aliphatic carbocycles. The fourth-order valence-corrected chi connectivity index (χ4v) is 1.72. The van der Waals surface area contributed by atoms with Crippen molar-refractivity contribution in [1.29, 1.82) is 0 Å². The van der Waals surface area contributed by atoms with Crippen molar-refractivity contribution in [3.05, 3.63) is 33.9 Å². The highest BCUT2D eigenvalue weighted by Crippen LogP contribution is 2.29. The average molecular weight is 270 g/mol. The summed E-state index contributed by atoms with van der Waals surface area (Å²) >= 11 is 0. The van der Waals surface area contributed by atoms with Crippen LogP contribution in [0.4, 0.5) is 5.69 Å². The third-order valence-electron chi connectivity index (χ3n) is 2.75. The van der Waals surface area contributed by atoms with Gasteiger partial charge in [0.15, 0.2) is 5.75 Å². The smallest absolute Gasteiger partial charge is 0.311 e. The quantitative estimate of drug-likeness (QED) is 0.555. The van der Waals surface area contributed by atoms with E-state index in [1.807, 2.05) is 0 Å². The molecule has 7 heteroatoms. The molecule has 1 unspecified atom stereocenters. The molecule has 106 valence electrons. The molecule has 0 aromatic heterocycles. The van der Waals surface area contributed by atoms with Crippen LogP contribution in [0.3, 0.4) is 0 Å². The molecule has 0 aliphatic heterocycles. The Morgan fingerprint density at radius 3 is 2.74 bits per heavy atom. The fraction of sp³-hybridized carbons (Fsp3) is 0.500. The predicted octanol–water partition coefficient (Wildman–Crippen LogP) is 0.561. The Hall–Kier alpha value is -1.70. The summed E-state index contributed by atoms with van der Waals surface area (Å²) in [7, 11) is 3.10. The van der Waals surface area contributed by atoms with Crippen molar-refractivity contribution < 1.29 is 19.9 Å². The molecule has 0 amide bonds. The maximum atomic E-state index is 10.9. The van der Waals surface area contributed by atoms with E-state index in [0.29, 0.717) is 12.1 Å². The first-order valence-corrected chi connectivity index (χ1v) is 5.79. The lowest BCUT2D eigenvalue weighted by Gasteiger charge is -2.19. The van der Waals surface area contributed by atoms with Gasteiger partial charge in [0, 0.05) is 19.2 Å². The summed E-state index contributed by atoms with van der Waals surface area (Å²) < 4.78 is 4.89. The van der Waals surface area contributed by atoms with E-state index in [9.17, 15) is 15.2 Å². The van der Waals surface area contributed by atoms with Crippen molar-refractivity contribution >= 4 is 5.69 Å². The van der Waals surface area contributed by atoms with E-state index in [4.69, 9.17) is 9.84 Å². The van der Waals surface area contributed by atoms with Gasteiger partial charge in [0.2, 0.25) is 0 Å². The van der Waals surface area contributed by atoms with E-state index < -0.39 is 11.0 Å². The molecule has 1 aromatic rings. The van der Waals surface area contributed by atoms with Gasteiger partial charge in [-0.3, -0.25) is 10.1 Å². The number of likely N-dealkylation sites (N-methyl/N-ethyl adjacent to an activating group) is 1. The van der Waals surface area contributed by atoms with Crippen LogP contribution in [0.5, 0.6) is 5.75 Å². The van der Waals surface area contributed by atoms with Gasteiger partial charge in [-0.1, -0.05) is 6.07 Å². The predicted molar refractivity (Wildman–Crippen MR) is 69.2 cm³/mol. The van der Waals surface area contributed by atoms with Crippen LogP contribution in [0.15, 0.2) is 18.2 Å². The van der Waals surface area contributed by atoms with Crippen molar-refractivity contribution in [1.82, 2.24) is 4.90 Å². The molecular weight excluding hydrogens is 252 g/mol. The molecule has 1 atom stereocenters. The number of rotatable bonds is 7. The Labute approximate surface area is 111 Å². The van der Waals surface area contributed by atoms with Crippen LogP contribution < -0.4 is 4.74 Å². The number of hydrogen-bond donors (Lipinski definition) is 2. The molecule has 1 rings (SSSR count). The highest BCUT2D eigenvalue weighted by atomic mass is 16.6. The number of aliphatic hydroxyl groups excluding tert-OH is 2. The third kappa shape index (κ3) is 4.16.